The summed E-state index contributed by atoms with van der Waals surface area (Å²) < 4.78 is 15.4. The Morgan fingerprint density at radius 1 is 0.600 bits per heavy atom. The van der Waals surface area contributed by atoms with Crippen LogP contribution in [0.5, 0.6) is 0 Å². The van der Waals surface area contributed by atoms with Crippen LogP contribution in [0.2, 0.25) is 24.2 Å². The van der Waals surface area contributed by atoms with Gasteiger partial charge < -0.3 is 19.1 Å². The average molecular weight is 591 g/mol. The van der Waals surface area contributed by atoms with Crippen LogP contribution in [0.25, 0.3) is 0 Å². The number of halogens is 1. The monoisotopic (exact) mass is 590 g/mol. The van der Waals surface area contributed by atoms with Crippen molar-refractivity contribution in [3.63, 3.8) is 0 Å². The highest BCUT2D eigenvalue weighted by molar-refractivity contribution is 6.86. The van der Waals surface area contributed by atoms with Crippen molar-refractivity contribution < 1.29 is 28.7 Å². The molecular weight excluding hydrogens is 540 g/mol. The van der Waals surface area contributed by atoms with Crippen molar-refractivity contribution in [3.8, 4) is 0 Å². The molecule has 2 rings (SSSR count). The van der Waals surface area contributed by atoms with Crippen LogP contribution in [0, 0.1) is 23.7 Å². The molecule has 224 valence electrons. The minimum atomic E-state index is -2.96. The smallest absolute Gasteiger partial charge is 0.307 e. The number of carboxylic acids is 2. The van der Waals surface area contributed by atoms with Crippen molar-refractivity contribution in [2.45, 2.75) is 92.4 Å². The number of carboxylic acid groups (broad SMARTS) is 2. The number of carbonyl (C=O) groups is 2. The van der Waals surface area contributed by atoms with E-state index in [9.17, 15) is 14.4 Å². The third-order valence-electron chi connectivity index (χ3n) is 6.63. The maximum atomic E-state index is 15.4. The lowest BCUT2D eigenvalue weighted by Gasteiger charge is -2.29. The molecule has 0 saturated heterocycles. The van der Waals surface area contributed by atoms with Crippen LogP contribution in [0.1, 0.15) is 66.5 Å². The average Bonchev–Trinajstić information content (AvgIpc) is 2.77. The summed E-state index contributed by atoms with van der Waals surface area (Å²) in [6.07, 6.45) is 0.0319. The Kier molecular flexibility index (Phi) is 14.5. The van der Waals surface area contributed by atoms with E-state index in [2.05, 4.69) is 55.4 Å². The van der Waals surface area contributed by atoms with E-state index in [0.717, 1.165) is 33.6 Å². The number of aliphatic carboxylic acids is 2. The Morgan fingerprint density at radius 2 is 0.900 bits per heavy atom. The molecule has 3 N–H and O–H groups in total. The van der Waals surface area contributed by atoms with E-state index < -0.39 is 28.7 Å². The molecule has 0 amide bonds. The van der Waals surface area contributed by atoms with Gasteiger partial charge in [-0.15, -0.1) is 0 Å². The van der Waals surface area contributed by atoms with Crippen LogP contribution >= 0.6 is 0 Å². The van der Waals surface area contributed by atoms with Gasteiger partial charge in [-0.05, 0) is 69.3 Å². The van der Waals surface area contributed by atoms with Crippen molar-refractivity contribution in [2.24, 2.45) is 23.7 Å². The maximum absolute atomic E-state index is 15.4. The zero-order valence-electron chi connectivity index (χ0n) is 25.7. The van der Waals surface area contributed by atoms with Gasteiger partial charge in [0.15, 0.2) is 0 Å². The Hall–Kier alpha value is -2.30. The van der Waals surface area contributed by atoms with Crippen molar-refractivity contribution in [1.29, 1.82) is 0 Å². The third kappa shape index (κ3) is 12.9. The molecule has 0 aliphatic heterocycles. The SMILES string of the molecule is CC(C)C[Si](F)(CC(C)C)c1ccc(CC(=O)O)cc1.CC(C)C[Si](O)(CC(C)C)c1ccc(CC(=O)O)cc1. The summed E-state index contributed by atoms with van der Waals surface area (Å²) in [7, 11) is -5.42. The van der Waals surface area contributed by atoms with Gasteiger partial charge in [-0.25, -0.2) is 0 Å². The molecule has 5 nitrogen and oxygen atoms in total. The molecule has 0 aliphatic rings. The molecule has 0 unspecified atom stereocenters. The number of hydrogen-bond acceptors (Lipinski definition) is 3. The highest BCUT2D eigenvalue weighted by atomic mass is 28.4. The summed E-state index contributed by atoms with van der Waals surface area (Å²) in [6, 6.07) is 17.6. The zero-order chi connectivity index (χ0) is 30.7. The quantitative estimate of drug-likeness (QED) is 0.172. The van der Waals surface area contributed by atoms with E-state index in [4.69, 9.17) is 10.2 Å². The fraction of sp³-hybridized carbons (Fsp3) is 0.562. The first-order valence-electron chi connectivity index (χ1n) is 14.5. The van der Waals surface area contributed by atoms with E-state index in [-0.39, 0.29) is 12.8 Å². The molecule has 8 heteroatoms. The molecule has 0 bridgehead atoms. The molecule has 0 aromatic heterocycles. The van der Waals surface area contributed by atoms with Crippen molar-refractivity contribution in [3.05, 3.63) is 59.7 Å². The van der Waals surface area contributed by atoms with Gasteiger partial charge in [0.2, 0.25) is 8.32 Å². The zero-order valence-corrected chi connectivity index (χ0v) is 27.7. The van der Waals surface area contributed by atoms with E-state index in [1.165, 1.54) is 0 Å². The lowest BCUT2D eigenvalue weighted by Crippen LogP contribution is -2.49. The van der Waals surface area contributed by atoms with Crippen LogP contribution in [0.15, 0.2) is 48.5 Å². The van der Waals surface area contributed by atoms with Gasteiger partial charge >= 0.3 is 11.9 Å². The summed E-state index contributed by atoms with van der Waals surface area (Å²) in [5.41, 5.74) is 1.51. The normalized spacial score (nSPS) is 12.2. The second-order valence-corrected chi connectivity index (χ2v) is 19.7. The molecule has 0 atom stereocenters. The number of benzene rings is 2. The standard InChI is InChI=1S/C16H25FO2Si.C16H26O3Si/c1-12(2)10-20(17,11-13(3)4)15-7-5-14(6-8-15)9-16(18)19;1-12(2)10-20(19,11-13(3)4)15-7-5-14(6-8-15)9-16(17)18/h5-8,12-13H,9-11H2,1-4H3,(H,18,19);5-8,12-13,19H,9-11H2,1-4H3,(H,17,18). The van der Waals surface area contributed by atoms with Crippen LogP contribution in [-0.2, 0) is 22.4 Å². The fourth-order valence-electron chi connectivity index (χ4n) is 5.49. The predicted octanol–water partition coefficient (Wildman–Crippen LogP) is 6.52. The van der Waals surface area contributed by atoms with Gasteiger partial charge in [-0.1, -0.05) is 104 Å². The van der Waals surface area contributed by atoms with Gasteiger partial charge in [-0.2, -0.15) is 0 Å². The molecule has 0 saturated carbocycles. The van der Waals surface area contributed by atoms with E-state index in [0.29, 0.717) is 35.8 Å². The second-order valence-electron chi connectivity index (χ2n) is 12.9. The van der Waals surface area contributed by atoms with Crippen LogP contribution in [0.4, 0.5) is 4.11 Å². The van der Waals surface area contributed by atoms with Crippen molar-refractivity contribution in [2.75, 3.05) is 0 Å². The van der Waals surface area contributed by atoms with Gasteiger partial charge in [-0.3, -0.25) is 9.59 Å². The summed E-state index contributed by atoms with van der Waals surface area (Å²) in [4.78, 5) is 32.5. The highest BCUT2D eigenvalue weighted by Crippen LogP contribution is 2.27. The molecule has 2 aromatic carbocycles. The fourth-order valence-corrected chi connectivity index (χ4v) is 13.6. The molecule has 40 heavy (non-hydrogen) atoms. The topological polar surface area (TPSA) is 94.8 Å². The molecule has 0 spiro atoms. The van der Waals surface area contributed by atoms with E-state index >= 15 is 4.11 Å². The Bertz CT molecular complexity index is 944. The lowest BCUT2D eigenvalue weighted by molar-refractivity contribution is -0.137. The summed E-state index contributed by atoms with van der Waals surface area (Å²) in [5, 5.41) is 19.4. The highest BCUT2D eigenvalue weighted by Gasteiger charge is 2.38. The van der Waals surface area contributed by atoms with E-state index in [1.54, 1.807) is 24.3 Å². The number of hydrogen-bond donors (Lipinski definition) is 3. The molecule has 0 fully saturated rings. The molecule has 0 aliphatic carbocycles. The van der Waals surface area contributed by atoms with Gasteiger partial charge in [0.1, 0.15) is 0 Å². The van der Waals surface area contributed by atoms with Gasteiger partial charge in [0, 0.05) is 0 Å². The number of rotatable bonds is 14. The van der Waals surface area contributed by atoms with Gasteiger partial charge in [0.05, 0.1) is 12.8 Å². The molecule has 0 radical (unpaired) electrons. The lowest BCUT2D eigenvalue weighted by atomic mass is 10.2. The largest absolute Gasteiger partial charge is 0.481 e. The first kappa shape index (κ1) is 35.7. The molecule has 0 heterocycles. The van der Waals surface area contributed by atoms with Crippen molar-refractivity contribution >= 4 is 39.0 Å². The van der Waals surface area contributed by atoms with Crippen LogP contribution in [-0.4, -0.2) is 43.7 Å². The predicted molar refractivity (Wildman–Crippen MR) is 168 cm³/mol. The van der Waals surface area contributed by atoms with Crippen LogP contribution < -0.4 is 10.4 Å². The summed E-state index contributed by atoms with van der Waals surface area (Å²) in [6.45, 7) is 16.8. The Labute approximate surface area is 243 Å². The van der Waals surface area contributed by atoms with Crippen molar-refractivity contribution in [1.82, 2.24) is 0 Å². The van der Waals surface area contributed by atoms with E-state index in [1.807, 2.05) is 24.3 Å². The van der Waals surface area contributed by atoms with Gasteiger partial charge in [0.25, 0.3) is 8.41 Å². The minimum Gasteiger partial charge on any atom is -0.481 e. The minimum absolute atomic E-state index is 0.00448. The first-order chi connectivity index (χ1) is 18.5. The summed E-state index contributed by atoms with van der Waals surface area (Å²) in [5.74, 6) is -0.0815. The maximum Gasteiger partial charge on any atom is 0.307 e. The Morgan fingerprint density at radius 3 is 1.18 bits per heavy atom. The van der Waals surface area contributed by atoms with Crippen LogP contribution in [0.3, 0.4) is 0 Å². The molecule has 2 aromatic rings. The summed E-state index contributed by atoms with van der Waals surface area (Å²) >= 11 is 0. The third-order valence-corrected chi connectivity index (χ3v) is 15.3. The molecular formula is C32H51FO5Si2. The first-order valence-corrected chi connectivity index (χ1v) is 19.1. The Balaban J connectivity index is 0.000000400. The second kappa shape index (κ2) is 16.2.